The summed E-state index contributed by atoms with van der Waals surface area (Å²) in [5, 5.41) is 159. The summed E-state index contributed by atoms with van der Waals surface area (Å²) >= 11 is 0. The third-order valence-corrected chi connectivity index (χ3v) is 10.7. The molecular formula is C32H55NO25. The van der Waals surface area contributed by atoms with Gasteiger partial charge in [0, 0.05) is 6.92 Å². The van der Waals surface area contributed by atoms with Crippen LogP contribution in [0.3, 0.4) is 0 Å². The highest BCUT2D eigenvalue weighted by Gasteiger charge is 2.57. The third kappa shape index (κ3) is 9.75. The van der Waals surface area contributed by atoms with Gasteiger partial charge in [0.05, 0.1) is 32.5 Å². The van der Waals surface area contributed by atoms with Gasteiger partial charge in [-0.2, -0.15) is 0 Å². The lowest BCUT2D eigenvalue weighted by Crippen LogP contribution is -2.71. The monoisotopic (exact) mass is 853 g/mol. The van der Waals surface area contributed by atoms with Gasteiger partial charge in [0.15, 0.2) is 31.5 Å². The maximum absolute atomic E-state index is 12.8. The molecule has 0 bridgehead atoms. The summed E-state index contributed by atoms with van der Waals surface area (Å²) in [6.45, 7) is -1.37. The molecule has 338 valence electrons. The number of rotatable bonds is 13. The van der Waals surface area contributed by atoms with E-state index in [1.807, 2.05) is 0 Å². The standard InChI is InChI=1S/C32H55NO25/c1-7-14(39)17(42)21(46)30(50-7)56-25-12(6-37)54-29(13(33-8(2)38)26(25)57-31-22(47)18(43)15(40)9(3-34)52-31)58-27-16(41)10(4-35)53-32(23(27)48)55-24-11(5-36)51-28(49)20(45)19(24)44/h7,9-32,34-37,39-49H,3-6H2,1-2H3,(H,33,38). The highest BCUT2D eigenvalue weighted by Crippen LogP contribution is 2.36. The molecule has 26 nitrogen and oxygen atoms in total. The van der Waals surface area contributed by atoms with E-state index in [9.17, 15) is 81.4 Å². The summed E-state index contributed by atoms with van der Waals surface area (Å²) in [4.78, 5) is 12.8. The van der Waals surface area contributed by atoms with Crippen LogP contribution >= 0.6 is 0 Å². The SMILES string of the molecule is CC(=O)NC1C(OC2C(O)C(CO)OC(OC3C(CO)OC(O)C(O)C3O)C2O)OC(CO)C(OC2OC(C)C(O)C(O)C2O)C1OC1OC(CO)C(O)C(O)C1O. The van der Waals surface area contributed by atoms with Gasteiger partial charge < -0.3 is 125 Å². The number of aliphatic hydroxyl groups excluding tert-OH is 15. The second kappa shape index (κ2) is 20.1. The van der Waals surface area contributed by atoms with E-state index in [-0.39, 0.29) is 0 Å². The first-order valence-corrected chi connectivity index (χ1v) is 18.5. The van der Waals surface area contributed by atoms with E-state index in [0.717, 1.165) is 6.92 Å². The van der Waals surface area contributed by atoms with E-state index < -0.39 is 186 Å². The zero-order chi connectivity index (χ0) is 42.9. The van der Waals surface area contributed by atoms with Gasteiger partial charge in [-0.3, -0.25) is 4.79 Å². The average molecular weight is 854 g/mol. The zero-order valence-electron chi connectivity index (χ0n) is 31.1. The van der Waals surface area contributed by atoms with Crippen LogP contribution in [-0.4, -0.2) is 262 Å². The molecule has 0 spiro atoms. The molecule has 0 aromatic carbocycles. The van der Waals surface area contributed by atoms with Crippen molar-refractivity contribution < 1.29 is 124 Å². The van der Waals surface area contributed by atoms with Gasteiger partial charge in [-0.25, -0.2) is 0 Å². The minimum Gasteiger partial charge on any atom is -0.394 e. The Hall–Kier alpha value is -1.49. The van der Waals surface area contributed by atoms with Gasteiger partial charge in [0.2, 0.25) is 5.91 Å². The Morgan fingerprint density at radius 2 is 0.897 bits per heavy atom. The van der Waals surface area contributed by atoms with Crippen molar-refractivity contribution in [3.05, 3.63) is 0 Å². The van der Waals surface area contributed by atoms with Gasteiger partial charge in [-0.1, -0.05) is 0 Å². The Morgan fingerprint density at radius 3 is 1.47 bits per heavy atom. The van der Waals surface area contributed by atoms with E-state index in [4.69, 9.17) is 42.6 Å². The van der Waals surface area contributed by atoms with Crippen LogP contribution in [0.4, 0.5) is 0 Å². The maximum Gasteiger partial charge on any atom is 0.217 e. The molecule has 1 amide bonds. The van der Waals surface area contributed by atoms with Gasteiger partial charge in [-0.05, 0) is 6.92 Å². The molecule has 0 saturated carbocycles. The van der Waals surface area contributed by atoms with E-state index in [2.05, 4.69) is 5.32 Å². The maximum atomic E-state index is 12.8. The number of nitrogens with one attached hydrogen (secondary N) is 1. The molecule has 25 atom stereocenters. The Kier molecular flexibility index (Phi) is 16.5. The Balaban J connectivity index is 1.50. The molecule has 0 aromatic heterocycles. The molecule has 25 unspecified atom stereocenters. The molecule has 0 aliphatic carbocycles. The van der Waals surface area contributed by atoms with Crippen molar-refractivity contribution in [3.63, 3.8) is 0 Å². The van der Waals surface area contributed by atoms with Crippen molar-refractivity contribution in [1.29, 1.82) is 0 Å². The van der Waals surface area contributed by atoms with E-state index >= 15 is 0 Å². The lowest BCUT2D eigenvalue weighted by Gasteiger charge is -2.51. The van der Waals surface area contributed by atoms with Gasteiger partial charge in [-0.15, -0.1) is 0 Å². The van der Waals surface area contributed by atoms with Crippen LogP contribution in [0.15, 0.2) is 0 Å². The molecule has 0 aromatic rings. The highest BCUT2D eigenvalue weighted by atomic mass is 16.8. The Labute approximate surface area is 329 Å². The normalized spacial score (nSPS) is 51.6. The minimum absolute atomic E-state index is 0.837. The first-order chi connectivity index (χ1) is 27.4. The van der Waals surface area contributed by atoms with Gasteiger partial charge in [0.25, 0.3) is 0 Å². The summed E-state index contributed by atoms with van der Waals surface area (Å²) in [5.74, 6) is -0.837. The summed E-state index contributed by atoms with van der Waals surface area (Å²) in [6.07, 6.45) is -43.6. The van der Waals surface area contributed by atoms with E-state index in [1.165, 1.54) is 6.92 Å². The quantitative estimate of drug-likeness (QED) is 0.0818. The number of ether oxygens (including phenoxy) is 9. The lowest BCUT2D eigenvalue weighted by atomic mass is 9.93. The van der Waals surface area contributed by atoms with E-state index in [0.29, 0.717) is 0 Å². The van der Waals surface area contributed by atoms with Crippen molar-refractivity contribution in [2.75, 3.05) is 26.4 Å². The van der Waals surface area contributed by atoms with Crippen molar-refractivity contribution in [1.82, 2.24) is 5.32 Å². The van der Waals surface area contributed by atoms with Crippen LogP contribution in [0, 0.1) is 0 Å². The first kappa shape index (κ1) is 47.6. The molecule has 0 radical (unpaired) electrons. The second-order valence-corrected chi connectivity index (χ2v) is 14.7. The van der Waals surface area contributed by atoms with Crippen LogP contribution in [0.5, 0.6) is 0 Å². The number of carbonyl (C=O) groups is 1. The molecule has 5 aliphatic heterocycles. The number of amides is 1. The van der Waals surface area contributed by atoms with Crippen molar-refractivity contribution in [2.24, 2.45) is 0 Å². The minimum atomic E-state index is -2.12. The van der Waals surface area contributed by atoms with Gasteiger partial charge in [0.1, 0.15) is 116 Å². The predicted molar refractivity (Wildman–Crippen MR) is 177 cm³/mol. The number of hydrogen-bond acceptors (Lipinski definition) is 25. The summed E-state index contributed by atoms with van der Waals surface area (Å²) in [7, 11) is 0. The predicted octanol–water partition coefficient (Wildman–Crippen LogP) is -10.8. The van der Waals surface area contributed by atoms with Crippen LogP contribution in [0.25, 0.3) is 0 Å². The summed E-state index contributed by atoms with van der Waals surface area (Å²) in [6, 6.07) is -1.75. The Morgan fingerprint density at radius 1 is 0.448 bits per heavy atom. The fourth-order valence-corrected chi connectivity index (χ4v) is 7.37. The zero-order valence-corrected chi connectivity index (χ0v) is 31.1. The summed E-state index contributed by atoms with van der Waals surface area (Å²) < 4.78 is 51.4. The van der Waals surface area contributed by atoms with Crippen molar-refractivity contribution in [3.8, 4) is 0 Å². The highest BCUT2D eigenvalue weighted by molar-refractivity contribution is 5.73. The van der Waals surface area contributed by atoms with Crippen LogP contribution in [-0.2, 0) is 47.4 Å². The van der Waals surface area contributed by atoms with Crippen LogP contribution < -0.4 is 5.32 Å². The molecule has 5 saturated heterocycles. The van der Waals surface area contributed by atoms with Crippen LogP contribution in [0.2, 0.25) is 0 Å². The van der Waals surface area contributed by atoms with Crippen molar-refractivity contribution in [2.45, 2.75) is 167 Å². The largest absolute Gasteiger partial charge is 0.394 e. The fraction of sp³-hybridized carbons (Fsp3) is 0.969. The topological polar surface area (TPSA) is 416 Å². The molecule has 5 heterocycles. The third-order valence-electron chi connectivity index (χ3n) is 10.7. The molecule has 5 rings (SSSR count). The molecule has 16 N–H and O–H groups in total. The summed E-state index contributed by atoms with van der Waals surface area (Å²) in [5.41, 5.74) is 0. The molecule has 5 fully saturated rings. The Bertz CT molecular complexity index is 1300. The molecule has 58 heavy (non-hydrogen) atoms. The smallest absolute Gasteiger partial charge is 0.217 e. The first-order valence-electron chi connectivity index (χ1n) is 18.5. The molecular weight excluding hydrogens is 798 g/mol. The van der Waals surface area contributed by atoms with Crippen molar-refractivity contribution >= 4 is 5.91 Å². The van der Waals surface area contributed by atoms with E-state index in [1.54, 1.807) is 0 Å². The number of aliphatic hydroxyl groups is 15. The fourth-order valence-electron chi connectivity index (χ4n) is 7.37. The molecule has 5 aliphatic rings. The van der Waals surface area contributed by atoms with Gasteiger partial charge >= 0.3 is 0 Å². The van der Waals surface area contributed by atoms with Crippen LogP contribution in [0.1, 0.15) is 13.8 Å². The lowest BCUT2D eigenvalue weighted by molar-refractivity contribution is -0.391. The second-order valence-electron chi connectivity index (χ2n) is 14.7. The average Bonchev–Trinajstić information content (AvgIpc) is 3.19. The number of carbonyl (C=O) groups excluding carboxylic acids is 1. The number of hydrogen-bond donors (Lipinski definition) is 16. The molecule has 26 heteroatoms.